The van der Waals surface area contributed by atoms with Crippen LogP contribution in [-0.2, 0) is 12.3 Å². The lowest BCUT2D eigenvalue weighted by atomic mass is 9.65. The molecule has 8 heteroatoms. The summed E-state index contributed by atoms with van der Waals surface area (Å²) in [6.07, 6.45) is 3.39. The van der Waals surface area contributed by atoms with Crippen molar-refractivity contribution in [3.8, 4) is 0 Å². The fourth-order valence-corrected chi connectivity index (χ4v) is 8.42. The smallest absolute Gasteiger partial charge is 0.254 e. The Morgan fingerprint density at radius 1 is 0.951 bits per heavy atom. The molecular weight excluding hydrogens is 550 g/mol. The molecule has 1 saturated carbocycles. The van der Waals surface area contributed by atoms with Gasteiger partial charge in [0.1, 0.15) is 11.0 Å². The van der Waals surface area contributed by atoms with Gasteiger partial charge in [-0.15, -0.1) is 0 Å². The van der Waals surface area contributed by atoms with Gasteiger partial charge in [-0.25, -0.2) is 9.97 Å². The number of nitrogens with zero attached hydrogens (tertiary/aromatic N) is 5. The largest absolute Gasteiger partial charge is 0.354 e. The van der Waals surface area contributed by atoms with Crippen molar-refractivity contribution in [1.29, 1.82) is 0 Å². The Bertz CT molecular complexity index is 1390. The van der Waals surface area contributed by atoms with Gasteiger partial charge in [0.15, 0.2) is 5.16 Å². The molecule has 2 unspecified atom stereocenters. The summed E-state index contributed by atoms with van der Waals surface area (Å²) in [5.74, 6) is 1.73. The van der Waals surface area contributed by atoms with Crippen LogP contribution in [0.25, 0.3) is 0 Å². The van der Waals surface area contributed by atoms with Crippen LogP contribution in [0.1, 0.15) is 61.5 Å². The van der Waals surface area contributed by atoms with Crippen molar-refractivity contribution in [1.82, 2.24) is 19.8 Å². The molecule has 0 spiro atoms. The van der Waals surface area contributed by atoms with E-state index in [2.05, 4.69) is 76.9 Å². The third-order valence-electron chi connectivity index (χ3n) is 8.82. The number of hydrogen-bond acceptors (Lipinski definition) is 6. The van der Waals surface area contributed by atoms with Crippen LogP contribution >= 0.6 is 23.4 Å². The molecule has 6 nitrogen and oxygen atoms in total. The average Bonchev–Trinajstić information content (AvgIpc) is 3.20. The van der Waals surface area contributed by atoms with Gasteiger partial charge in [-0.1, -0.05) is 86.6 Å². The number of fused-ring (bicyclic) bond motifs is 2. The van der Waals surface area contributed by atoms with Crippen LogP contribution in [-0.4, -0.2) is 64.4 Å². The molecule has 1 aliphatic carbocycles. The van der Waals surface area contributed by atoms with Crippen molar-refractivity contribution in [2.45, 2.75) is 63.5 Å². The summed E-state index contributed by atoms with van der Waals surface area (Å²) in [4.78, 5) is 29.9. The van der Waals surface area contributed by atoms with Crippen molar-refractivity contribution < 1.29 is 4.79 Å². The maximum atomic E-state index is 13.6. The summed E-state index contributed by atoms with van der Waals surface area (Å²) < 4.78 is 0. The lowest BCUT2D eigenvalue weighted by Crippen LogP contribution is -2.46. The zero-order valence-corrected chi connectivity index (χ0v) is 25.9. The predicted molar refractivity (Wildman–Crippen MR) is 168 cm³/mol. The monoisotopic (exact) mass is 589 g/mol. The van der Waals surface area contributed by atoms with Gasteiger partial charge < -0.3 is 9.80 Å². The zero-order chi connectivity index (χ0) is 28.6. The highest BCUT2D eigenvalue weighted by Gasteiger charge is 2.51. The number of halogens is 1. The molecule has 0 radical (unpaired) electrons. The minimum atomic E-state index is 0.163. The quantitative estimate of drug-likeness (QED) is 0.172. The van der Waals surface area contributed by atoms with Crippen LogP contribution in [0.4, 0.5) is 5.82 Å². The number of piperazine rings is 1. The van der Waals surface area contributed by atoms with E-state index in [1.165, 1.54) is 12.0 Å². The van der Waals surface area contributed by atoms with E-state index in [0.29, 0.717) is 22.1 Å². The number of amides is 1. The number of anilines is 1. The van der Waals surface area contributed by atoms with Gasteiger partial charge >= 0.3 is 0 Å². The first kappa shape index (κ1) is 28.5. The van der Waals surface area contributed by atoms with E-state index in [1.54, 1.807) is 11.8 Å². The van der Waals surface area contributed by atoms with Gasteiger partial charge in [-0.3, -0.25) is 9.69 Å². The van der Waals surface area contributed by atoms with Crippen LogP contribution in [0, 0.1) is 10.8 Å². The van der Waals surface area contributed by atoms with Gasteiger partial charge in [0.05, 0.1) is 0 Å². The third kappa shape index (κ3) is 6.73. The highest BCUT2D eigenvalue weighted by Crippen LogP contribution is 2.52. The Balaban J connectivity index is 1.07. The Morgan fingerprint density at radius 3 is 2.49 bits per heavy atom. The van der Waals surface area contributed by atoms with E-state index in [0.717, 1.165) is 69.1 Å². The summed E-state index contributed by atoms with van der Waals surface area (Å²) in [6, 6.07) is 20.9. The minimum Gasteiger partial charge on any atom is -0.354 e. The van der Waals surface area contributed by atoms with Crippen molar-refractivity contribution >= 4 is 35.1 Å². The second kappa shape index (κ2) is 11.6. The standard InChI is InChI=1S/C33H40ClN5OS/c1-32(2)18-27-19-33(3,22-32)23-39(27)30(40)26-11-7-10-25(16-26)21-41-31-35-28(34)17-29(36-31)38-14-12-37(13-15-38)20-24-8-5-4-6-9-24/h4-11,16-17,27H,12-15,18-23H2,1-3H3. The van der Waals surface area contributed by atoms with Crippen LogP contribution in [0.5, 0.6) is 0 Å². The van der Waals surface area contributed by atoms with Gasteiger partial charge in [0.25, 0.3) is 5.91 Å². The minimum absolute atomic E-state index is 0.163. The molecule has 216 valence electrons. The number of thioether (sulfide) groups is 1. The molecule has 41 heavy (non-hydrogen) atoms. The maximum absolute atomic E-state index is 13.6. The highest BCUT2D eigenvalue weighted by atomic mass is 35.5. The fourth-order valence-electron chi connectivity index (χ4n) is 7.39. The number of rotatable bonds is 7. The van der Waals surface area contributed by atoms with Crippen LogP contribution in [0.3, 0.4) is 0 Å². The van der Waals surface area contributed by atoms with E-state index >= 15 is 0 Å². The first-order valence-corrected chi connectivity index (χ1v) is 16.1. The van der Waals surface area contributed by atoms with Gasteiger partial charge in [-0.2, -0.15) is 0 Å². The highest BCUT2D eigenvalue weighted by molar-refractivity contribution is 7.98. The summed E-state index contributed by atoms with van der Waals surface area (Å²) >= 11 is 8.02. The van der Waals surface area contributed by atoms with E-state index in [-0.39, 0.29) is 16.7 Å². The molecule has 0 N–H and O–H groups in total. The second-order valence-corrected chi connectivity index (χ2v) is 14.5. The molecular formula is C33H40ClN5OS. The van der Waals surface area contributed by atoms with Crippen molar-refractivity contribution in [3.05, 3.63) is 82.5 Å². The van der Waals surface area contributed by atoms with Gasteiger partial charge in [0.2, 0.25) is 0 Å². The Labute approximate surface area is 253 Å². The topological polar surface area (TPSA) is 52.6 Å². The molecule has 1 aromatic heterocycles. The lowest BCUT2D eigenvalue weighted by molar-refractivity contribution is 0.0708. The molecule has 2 aliphatic heterocycles. The lowest BCUT2D eigenvalue weighted by Gasteiger charge is -2.39. The molecule has 3 aliphatic rings. The summed E-state index contributed by atoms with van der Waals surface area (Å²) in [5.41, 5.74) is 3.73. The van der Waals surface area contributed by atoms with Gasteiger partial charge in [0, 0.05) is 62.7 Å². The summed E-state index contributed by atoms with van der Waals surface area (Å²) in [6.45, 7) is 12.6. The molecule has 2 saturated heterocycles. The van der Waals surface area contributed by atoms with E-state index < -0.39 is 0 Å². The summed E-state index contributed by atoms with van der Waals surface area (Å²) in [7, 11) is 0. The first-order chi connectivity index (χ1) is 19.6. The number of aromatic nitrogens is 2. The number of likely N-dealkylation sites (tertiary alicyclic amines) is 1. The van der Waals surface area contributed by atoms with Crippen molar-refractivity contribution in [3.63, 3.8) is 0 Å². The molecule has 3 fully saturated rings. The Kier molecular flexibility index (Phi) is 8.05. The van der Waals surface area contributed by atoms with Crippen molar-refractivity contribution in [2.75, 3.05) is 37.6 Å². The first-order valence-electron chi connectivity index (χ1n) is 14.7. The SMILES string of the molecule is CC1(C)CC2CC(C)(CN2C(=O)c2cccc(CSc3nc(Cl)cc(N4CCN(Cc5ccccc5)CC4)n3)c2)C1. The predicted octanol–water partition coefficient (Wildman–Crippen LogP) is 6.79. The molecule has 6 rings (SSSR count). The third-order valence-corrected chi connectivity index (χ3v) is 9.94. The second-order valence-electron chi connectivity index (χ2n) is 13.2. The molecule has 2 bridgehead atoms. The molecule has 2 atom stereocenters. The van der Waals surface area contributed by atoms with E-state index in [1.807, 2.05) is 24.3 Å². The van der Waals surface area contributed by atoms with Crippen LogP contribution in [0.2, 0.25) is 5.15 Å². The number of carbonyl (C=O) groups excluding carboxylic acids is 1. The molecule has 1 amide bonds. The van der Waals surface area contributed by atoms with Crippen LogP contribution < -0.4 is 4.90 Å². The number of carbonyl (C=O) groups is 1. The summed E-state index contributed by atoms with van der Waals surface area (Å²) in [5, 5.41) is 1.13. The van der Waals surface area contributed by atoms with E-state index in [4.69, 9.17) is 16.6 Å². The van der Waals surface area contributed by atoms with E-state index in [9.17, 15) is 4.79 Å². The molecule has 2 aromatic carbocycles. The Hall–Kier alpha value is -2.61. The number of benzene rings is 2. The molecule has 3 heterocycles. The normalized spacial score (nSPS) is 24.0. The average molecular weight is 590 g/mol. The maximum Gasteiger partial charge on any atom is 0.254 e. The zero-order valence-electron chi connectivity index (χ0n) is 24.4. The number of hydrogen-bond donors (Lipinski definition) is 0. The Morgan fingerprint density at radius 2 is 1.71 bits per heavy atom. The van der Waals surface area contributed by atoms with Gasteiger partial charge in [-0.05, 0) is 53.4 Å². The van der Waals surface area contributed by atoms with Crippen LogP contribution in [0.15, 0.2) is 65.8 Å². The molecule has 3 aromatic rings. The van der Waals surface area contributed by atoms with Crippen molar-refractivity contribution in [2.24, 2.45) is 10.8 Å². The fraction of sp³-hybridized carbons (Fsp3) is 0.485.